The van der Waals surface area contributed by atoms with Gasteiger partial charge < -0.3 is 11.1 Å². The highest BCUT2D eigenvalue weighted by molar-refractivity contribution is 5.35. The third-order valence-corrected chi connectivity index (χ3v) is 1.32. The highest BCUT2D eigenvalue weighted by Crippen LogP contribution is 2.00. The van der Waals surface area contributed by atoms with E-state index in [-0.39, 0.29) is 0 Å². The van der Waals surface area contributed by atoms with Crippen LogP contribution >= 0.6 is 0 Å². The van der Waals surface area contributed by atoms with Crippen LogP contribution in [-0.4, -0.2) is 20.3 Å². The SMILES string of the molecule is C=C/C=C\C(N=C)=C(/C)N.CCNC. The van der Waals surface area contributed by atoms with E-state index in [1.165, 1.54) is 0 Å². The third-order valence-electron chi connectivity index (χ3n) is 1.32. The Morgan fingerprint density at radius 2 is 2.07 bits per heavy atom. The van der Waals surface area contributed by atoms with E-state index in [0.29, 0.717) is 11.4 Å². The molecule has 0 aromatic heterocycles. The van der Waals surface area contributed by atoms with Crippen molar-refractivity contribution in [3.63, 3.8) is 0 Å². The van der Waals surface area contributed by atoms with Gasteiger partial charge in [-0.05, 0) is 33.3 Å². The minimum atomic E-state index is 0.660. The summed E-state index contributed by atoms with van der Waals surface area (Å²) in [7, 11) is 1.93. The fraction of sp³-hybridized carbons (Fsp3) is 0.364. The molecule has 0 aromatic carbocycles. The summed E-state index contributed by atoms with van der Waals surface area (Å²) in [5.41, 5.74) is 6.80. The summed E-state index contributed by atoms with van der Waals surface area (Å²) >= 11 is 0. The van der Waals surface area contributed by atoms with E-state index in [2.05, 4.69) is 30.5 Å². The lowest BCUT2D eigenvalue weighted by molar-refractivity contribution is 0.864. The summed E-state index contributed by atoms with van der Waals surface area (Å²) in [5.74, 6) is 0. The van der Waals surface area contributed by atoms with Crippen molar-refractivity contribution in [2.75, 3.05) is 13.6 Å². The van der Waals surface area contributed by atoms with Gasteiger partial charge in [0.2, 0.25) is 0 Å². The molecule has 0 fully saturated rings. The van der Waals surface area contributed by atoms with E-state index >= 15 is 0 Å². The maximum absolute atomic E-state index is 5.45. The fourth-order valence-corrected chi connectivity index (χ4v) is 0.468. The Hall–Kier alpha value is -1.35. The Bertz CT molecular complexity index is 209. The first-order valence-corrected chi connectivity index (χ1v) is 4.50. The summed E-state index contributed by atoms with van der Waals surface area (Å²) in [6.45, 7) is 11.8. The molecule has 3 heteroatoms. The Labute approximate surface area is 87.1 Å². The molecule has 0 rings (SSSR count). The van der Waals surface area contributed by atoms with E-state index in [9.17, 15) is 0 Å². The van der Waals surface area contributed by atoms with E-state index in [1.54, 1.807) is 25.2 Å². The van der Waals surface area contributed by atoms with Gasteiger partial charge in [0, 0.05) is 5.70 Å². The van der Waals surface area contributed by atoms with Crippen molar-refractivity contribution in [1.29, 1.82) is 0 Å². The summed E-state index contributed by atoms with van der Waals surface area (Å²) in [5, 5.41) is 2.93. The summed E-state index contributed by atoms with van der Waals surface area (Å²) in [6, 6.07) is 0. The van der Waals surface area contributed by atoms with Gasteiger partial charge in [0.15, 0.2) is 0 Å². The second kappa shape index (κ2) is 11.6. The first-order chi connectivity index (χ1) is 6.63. The topological polar surface area (TPSA) is 50.4 Å². The number of hydrogen-bond donors (Lipinski definition) is 2. The van der Waals surface area contributed by atoms with Gasteiger partial charge in [-0.1, -0.05) is 25.7 Å². The average Bonchev–Trinajstić information content (AvgIpc) is 2.19. The van der Waals surface area contributed by atoms with Crippen LogP contribution in [0.5, 0.6) is 0 Å². The highest BCUT2D eigenvalue weighted by atomic mass is 14.8. The van der Waals surface area contributed by atoms with Gasteiger partial charge in [-0.3, -0.25) is 4.99 Å². The van der Waals surface area contributed by atoms with Crippen molar-refractivity contribution in [1.82, 2.24) is 5.32 Å². The molecule has 0 spiro atoms. The predicted molar refractivity (Wildman–Crippen MR) is 65.4 cm³/mol. The molecule has 0 saturated carbocycles. The number of nitrogens with one attached hydrogen (secondary N) is 1. The number of nitrogens with two attached hydrogens (primary N) is 1. The lowest BCUT2D eigenvalue weighted by Crippen LogP contribution is -2.01. The monoisotopic (exact) mass is 195 g/mol. The molecule has 3 nitrogen and oxygen atoms in total. The lowest BCUT2D eigenvalue weighted by Gasteiger charge is -1.93. The molecule has 0 aromatic rings. The van der Waals surface area contributed by atoms with Crippen molar-refractivity contribution in [2.24, 2.45) is 10.7 Å². The molecule has 0 aliphatic rings. The summed E-state index contributed by atoms with van der Waals surface area (Å²) in [6.07, 6.45) is 5.18. The molecular formula is C11H21N3. The number of nitrogens with zero attached hydrogens (tertiary/aromatic N) is 1. The maximum atomic E-state index is 5.45. The number of hydrogen-bond acceptors (Lipinski definition) is 3. The number of aliphatic imine (C=N–C) groups is 1. The summed E-state index contributed by atoms with van der Waals surface area (Å²) < 4.78 is 0. The Kier molecular flexibility index (Phi) is 12.6. The van der Waals surface area contributed by atoms with Crippen LogP contribution in [0.1, 0.15) is 13.8 Å². The fourth-order valence-electron chi connectivity index (χ4n) is 0.468. The van der Waals surface area contributed by atoms with Crippen molar-refractivity contribution >= 4 is 6.72 Å². The molecule has 0 atom stereocenters. The number of allylic oxidation sites excluding steroid dienone is 4. The van der Waals surface area contributed by atoms with E-state index in [0.717, 1.165) is 6.54 Å². The third kappa shape index (κ3) is 10.7. The minimum absolute atomic E-state index is 0.660. The standard InChI is InChI=1S/C8H12N2.C3H9N/c1-4-5-6-8(10-3)7(2)9;1-3-4-2/h4-6H,1,3,9H2,2H3;4H,3H2,1-2H3/b6-5-,8-7-;. The van der Waals surface area contributed by atoms with Crippen molar-refractivity contribution in [3.8, 4) is 0 Å². The van der Waals surface area contributed by atoms with Crippen LogP contribution in [0.2, 0.25) is 0 Å². The van der Waals surface area contributed by atoms with Gasteiger partial charge in [-0.25, -0.2) is 0 Å². The molecule has 3 N–H and O–H groups in total. The Balaban J connectivity index is 0. The second-order valence-corrected chi connectivity index (χ2v) is 2.53. The van der Waals surface area contributed by atoms with Gasteiger partial charge in [0.25, 0.3) is 0 Å². The zero-order valence-corrected chi connectivity index (χ0v) is 9.38. The van der Waals surface area contributed by atoms with Crippen LogP contribution in [-0.2, 0) is 0 Å². The molecule has 80 valence electrons. The van der Waals surface area contributed by atoms with Gasteiger partial charge >= 0.3 is 0 Å². The van der Waals surface area contributed by atoms with Gasteiger partial charge in [-0.2, -0.15) is 0 Å². The molecule has 0 radical (unpaired) electrons. The van der Waals surface area contributed by atoms with Crippen LogP contribution in [0.4, 0.5) is 0 Å². The van der Waals surface area contributed by atoms with E-state index < -0.39 is 0 Å². The molecule has 0 aliphatic heterocycles. The van der Waals surface area contributed by atoms with Crippen LogP contribution in [0.15, 0.2) is 41.2 Å². The largest absolute Gasteiger partial charge is 0.401 e. The van der Waals surface area contributed by atoms with Gasteiger partial charge in [0.1, 0.15) is 0 Å². The average molecular weight is 195 g/mol. The van der Waals surface area contributed by atoms with Crippen molar-refractivity contribution in [2.45, 2.75) is 13.8 Å². The highest BCUT2D eigenvalue weighted by Gasteiger charge is 1.87. The molecule has 0 unspecified atom stereocenters. The first-order valence-electron chi connectivity index (χ1n) is 4.50. The van der Waals surface area contributed by atoms with Crippen molar-refractivity contribution < 1.29 is 0 Å². The number of rotatable bonds is 4. The molecule has 0 heterocycles. The Morgan fingerprint density at radius 3 is 2.29 bits per heavy atom. The van der Waals surface area contributed by atoms with Crippen LogP contribution < -0.4 is 11.1 Å². The quantitative estimate of drug-likeness (QED) is 0.531. The van der Waals surface area contributed by atoms with Gasteiger partial charge in [0.05, 0.1) is 5.70 Å². The summed E-state index contributed by atoms with van der Waals surface area (Å²) in [4.78, 5) is 3.70. The van der Waals surface area contributed by atoms with Crippen LogP contribution in [0, 0.1) is 0 Å². The smallest absolute Gasteiger partial charge is 0.0806 e. The van der Waals surface area contributed by atoms with Crippen LogP contribution in [0.25, 0.3) is 0 Å². The van der Waals surface area contributed by atoms with E-state index in [1.807, 2.05) is 7.05 Å². The molecule has 14 heavy (non-hydrogen) atoms. The normalized spacial score (nSPS) is 11.4. The van der Waals surface area contributed by atoms with Crippen LogP contribution in [0.3, 0.4) is 0 Å². The van der Waals surface area contributed by atoms with E-state index in [4.69, 9.17) is 5.73 Å². The molecule has 0 saturated heterocycles. The van der Waals surface area contributed by atoms with Gasteiger partial charge in [-0.15, -0.1) is 0 Å². The maximum Gasteiger partial charge on any atom is 0.0806 e. The predicted octanol–water partition coefficient (Wildman–Crippen LogP) is 1.85. The molecule has 0 bridgehead atoms. The molecule has 0 aliphatic carbocycles. The molecule has 0 amide bonds. The first kappa shape index (κ1) is 15.1. The second-order valence-electron chi connectivity index (χ2n) is 2.53. The zero-order chi connectivity index (χ0) is 11.4. The molecular weight excluding hydrogens is 174 g/mol. The zero-order valence-electron chi connectivity index (χ0n) is 9.38. The minimum Gasteiger partial charge on any atom is -0.401 e. The Morgan fingerprint density at radius 1 is 1.57 bits per heavy atom. The lowest BCUT2D eigenvalue weighted by atomic mass is 10.3. The van der Waals surface area contributed by atoms with Crippen molar-refractivity contribution in [3.05, 3.63) is 36.2 Å².